The fourth-order valence-corrected chi connectivity index (χ4v) is 4.21. The molecule has 9 heteroatoms. The van der Waals surface area contributed by atoms with Crippen LogP contribution in [-0.4, -0.2) is 31.7 Å². The summed E-state index contributed by atoms with van der Waals surface area (Å²) in [6.07, 6.45) is -4.67. The van der Waals surface area contributed by atoms with Crippen LogP contribution in [0.4, 0.5) is 18.9 Å². The van der Waals surface area contributed by atoms with E-state index in [1.165, 1.54) is 44.6 Å². The van der Waals surface area contributed by atoms with Gasteiger partial charge in [0.2, 0.25) is 5.78 Å². The van der Waals surface area contributed by atoms with E-state index in [0.717, 1.165) is 23.1 Å². The number of Topliss-reactive ketones (excluding diaryl/α,β-unsaturated/α-hetero) is 2. The predicted octanol–water partition coefficient (Wildman–Crippen LogP) is 4.88. The average Bonchev–Trinajstić information content (AvgIpc) is 3.13. The number of benzene rings is 3. The number of carbonyl (C=O) groups is 3. The van der Waals surface area contributed by atoms with Crippen molar-refractivity contribution in [1.29, 1.82) is 0 Å². The topological polar surface area (TPSA) is 72.9 Å². The van der Waals surface area contributed by atoms with E-state index < -0.39 is 41.2 Å². The smallest absolute Gasteiger partial charge is 0.416 e. The Morgan fingerprint density at radius 2 is 1.57 bits per heavy atom. The Hall–Kier alpha value is -4.14. The maximum Gasteiger partial charge on any atom is 0.416 e. The van der Waals surface area contributed by atoms with Crippen LogP contribution in [0.3, 0.4) is 0 Å². The van der Waals surface area contributed by atoms with Gasteiger partial charge in [0.15, 0.2) is 5.78 Å². The Morgan fingerprint density at radius 1 is 0.886 bits per heavy atom. The van der Waals surface area contributed by atoms with Crippen LogP contribution >= 0.6 is 0 Å². The molecule has 0 spiro atoms. The standard InChI is InChI=1S/C26H20F3NO5/c1-34-18-12-10-15(11-13-18)23(31)21-22(19-8-3-4-9-20(19)35-2)30(25(33)24(21)32)17-7-5-6-16(14-17)26(27,28)29/h3-14,21-22H,1-2H3. The number of alkyl halides is 3. The van der Waals surface area contributed by atoms with Gasteiger partial charge in [0.1, 0.15) is 17.4 Å². The zero-order chi connectivity index (χ0) is 25.3. The third-order valence-electron chi connectivity index (χ3n) is 5.87. The largest absolute Gasteiger partial charge is 0.497 e. The van der Waals surface area contributed by atoms with E-state index in [1.807, 2.05) is 0 Å². The number of ether oxygens (including phenoxy) is 2. The van der Waals surface area contributed by atoms with Gasteiger partial charge in [-0.2, -0.15) is 13.2 Å². The molecule has 1 aliphatic rings. The summed E-state index contributed by atoms with van der Waals surface area (Å²) < 4.78 is 50.7. The normalized spacial score (nSPS) is 18.0. The molecular weight excluding hydrogens is 463 g/mol. The minimum absolute atomic E-state index is 0.154. The molecule has 3 aromatic rings. The van der Waals surface area contributed by atoms with Gasteiger partial charge in [-0.05, 0) is 48.5 Å². The Bertz CT molecular complexity index is 1290. The SMILES string of the molecule is COc1ccc(C(=O)C2C(=O)C(=O)N(c3cccc(C(F)(F)F)c3)C2c2ccccc2OC)cc1. The van der Waals surface area contributed by atoms with Crippen molar-refractivity contribution in [2.24, 2.45) is 5.92 Å². The first-order valence-corrected chi connectivity index (χ1v) is 10.5. The predicted molar refractivity (Wildman–Crippen MR) is 120 cm³/mol. The van der Waals surface area contributed by atoms with Crippen molar-refractivity contribution in [2.45, 2.75) is 12.2 Å². The second-order valence-electron chi connectivity index (χ2n) is 7.84. The first-order valence-electron chi connectivity index (χ1n) is 10.5. The molecule has 180 valence electrons. The second-order valence-corrected chi connectivity index (χ2v) is 7.84. The lowest BCUT2D eigenvalue weighted by molar-refractivity contribution is -0.137. The summed E-state index contributed by atoms with van der Waals surface area (Å²) in [5, 5.41) is 0. The molecular formula is C26H20F3NO5. The van der Waals surface area contributed by atoms with Gasteiger partial charge < -0.3 is 9.47 Å². The minimum Gasteiger partial charge on any atom is -0.497 e. The quantitative estimate of drug-likeness (QED) is 0.284. The van der Waals surface area contributed by atoms with Crippen LogP contribution in [-0.2, 0) is 15.8 Å². The average molecular weight is 483 g/mol. The van der Waals surface area contributed by atoms with E-state index in [2.05, 4.69) is 0 Å². The molecule has 35 heavy (non-hydrogen) atoms. The highest BCUT2D eigenvalue weighted by molar-refractivity contribution is 6.49. The Labute approximate surface area is 198 Å². The molecule has 0 aromatic heterocycles. The number of carbonyl (C=O) groups excluding carboxylic acids is 3. The maximum atomic E-state index is 13.5. The van der Waals surface area contributed by atoms with Gasteiger partial charge in [0.25, 0.3) is 5.91 Å². The molecule has 1 saturated heterocycles. The van der Waals surface area contributed by atoms with Gasteiger partial charge in [-0.15, -0.1) is 0 Å². The Balaban J connectivity index is 1.89. The van der Waals surface area contributed by atoms with Crippen molar-refractivity contribution < 1.29 is 37.0 Å². The number of halogens is 3. The zero-order valence-corrected chi connectivity index (χ0v) is 18.7. The van der Waals surface area contributed by atoms with E-state index in [9.17, 15) is 27.6 Å². The number of para-hydroxylation sites is 1. The number of nitrogens with zero attached hydrogens (tertiary/aromatic N) is 1. The first-order chi connectivity index (χ1) is 16.7. The summed E-state index contributed by atoms with van der Waals surface area (Å²) in [5.41, 5.74) is -0.667. The molecule has 2 atom stereocenters. The van der Waals surface area contributed by atoms with Crippen molar-refractivity contribution in [2.75, 3.05) is 19.1 Å². The van der Waals surface area contributed by atoms with Crippen LogP contribution in [0.5, 0.6) is 11.5 Å². The molecule has 2 unspecified atom stereocenters. The van der Waals surface area contributed by atoms with Gasteiger partial charge in [-0.3, -0.25) is 19.3 Å². The van der Waals surface area contributed by atoms with E-state index in [1.54, 1.807) is 24.3 Å². The molecule has 3 aromatic carbocycles. The number of ketones is 2. The number of hydrogen-bond donors (Lipinski definition) is 0. The van der Waals surface area contributed by atoms with Crippen molar-refractivity contribution in [3.05, 3.63) is 89.5 Å². The Morgan fingerprint density at radius 3 is 2.20 bits per heavy atom. The highest BCUT2D eigenvalue weighted by Gasteiger charge is 2.53. The summed E-state index contributed by atoms with van der Waals surface area (Å²) in [5.74, 6) is -3.46. The van der Waals surface area contributed by atoms with Crippen LogP contribution in [0.25, 0.3) is 0 Å². The summed E-state index contributed by atoms with van der Waals surface area (Å²) >= 11 is 0. The van der Waals surface area contributed by atoms with E-state index in [-0.39, 0.29) is 17.0 Å². The summed E-state index contributed by atoms with van der Waals surface area (Å²) in [6.45, 7) is 0. The molecule has 1 aliphatic heterocycles. The summed E-state index contributed by atoms with van der Waals surface area (Å²) in [7, 11) is 2.84. The molecule has 1 fully saturated rings. The number of anilines is 1. The molecule has 4 rings (SSSR count). The minimum atomic E-state index is -4.67. The van der Waals surface area contributed by atoms with Crippen molar-refractivity contribution in [3.8, 4) is 11.5 Å². The van der Waals surface area contributed by atoms with Crippen molar-refractivity contribution in [3.63, 3.8) is 0 Å². The number of hydrogen-bond acceptors (Lipinski definition) is 5. The van der Waals surface area contributed by atoms with E-state index >= 15 is 0 Å². The molecule has 0 aliphatic carbocycles. The number of rotatable bonds is 6. The fourth-order valence-electron chi connectivity index (χ4n) is 4.21. The molecule has 0 saturated carbocycles. The van der Waals surface area contributed by atoms with Gasteiger partial charge in [0.05, 0.1) is 25.8 Å². The van der Waals surface area contributed by atoms with Crippen LogP contribution in [0.15, 0.2) is 72.8 Å². The van der Waals surface area contributed by atoms with Gasteiger partial charge in [0, 0.05) is 16.8 Å². The van der Waals surface area contributed by atoms with Gasteiger partial charge in [-0.25, -0.2) is 0 Å². The van der Waals surface area contributed by atoms with E-state index in [0.29, 0.717) is 11.3 Å². The first kappa shape index (κ1) is 24.0. The highest BCUT2D eigenvalue weighted by Crippen LogP contribution is 2.45. The highest BCUT2D eigenvalue weighted by atomic mass is 19.4. The summed E-state index contributed by atoms with van der Waals surface area (Å²) in [6, 6.07) is 15.3. The van der Waals surface area contributed by atoms with Gasteiger partial charge >= 0.3 is 6.18 Å². The second kappa shape index (κ2) is 9.25. The molecule has 0 N–H and O–H groups in total. The lowest BCUT2D eigenvalue weighted by Crippen LogP contribution is -2.31. The number of methoxy groups -OCH3 is 2. The zero-order valence-electron chi connectivity index (χ0n) is 18.7. The molecule has 0 bridgehead atoms. The summed E-state index contributed by atoms with van der Waals surface area (Å²) in [4.78, 5) is 40.8. The van der Waals surface area contributed by atoms with Crippen LogP contribution < -0.4 is 14.4 Å². The molecule has 1 heterocycles. The van der Waals surface area contributed by atoms with Crippen LogP contribution in [0.1, 0.15) is 27.5 Å². The fraction of sp³-hybridized carbons (Fsp3) is 0.192. The van der Waals surface area contributed by atoms with Gasteiger partial charge in [-0.1, -0.05) is 24.3 Å². The van der Waals surface area contributed by atoms with Crippen molar-refractivity contribution in [1.82, 2.24) is 0 Å². The lowest BCUT2D eigenvalue weighted by atomic mass is 9.86. The molecule has 1 amide bonds. The molecule has 6 nitrogen and oxygen atoms in total. The third-order valence-corrected chi connectivity index (χ3v) is 5.87. The van der Waals surface area contributed by atoms with Crippen LogP contribution in [0.2, 0.25) is 0 Å². The van der Waals surface area contributed by atoms with E-state index in [4.69, 9.17) is 9.47 Å². The monoisotopic (exact) mass is 483 g/mol. The lowest BCUT2D eigenvalue weighted by Gasteiger charge is -2.29. The molecule has 0 radical (unpaired) electrons. The van der Waals surface area contributed by atoms with Crippen LogP contribution in [0, 0.1) is 5.92 Å². The maximum absolute atomic E-state index is 13.5. The third kappa shape index (κ3) is 4.37. The van der Waals surface area contributed by atoms with Crippen molar-refractivity contribution >= 4 is 23.2 Å². The number of amides is 1. The Kier molecular flexibility index (Phi) is 6.34.